The van der Waals surface area contributed by atoms with Crippen molar-refractivity contribution >= 4 is 23.3 Å². The van der Waals surface area contributed by atoms with Gasteiger partial charge in [-0.1, -0.05) is 24.3 Å². The average Bonchev–Trinajstić information content (AvgIpc) is 3.08. The second kappa shape index (κ2) is 6.56. The number of para-hydroxylation sites is 1. The summed E-state index contributed by atoms with van der Waals surface area (Å²) in [6.45, 7) is 0.848. The first-order chi connectivity index (χ1) is 12.3. The molecule has 1 aromatic heterocycles. The van der Waals surface area contributed by atoms with E-state index in [1.54, 1.807) is 0 Å². The predicted octanol–water partition coefficient (Wildman–Crippen LogP) is 3.14. The normalized spacial score (nSPS) is 12.0. The van der Waals surface area contributed by atoms with Crippen LogP contribution in [-0.4, -0.2) is 16.8 Å². The molecule has 0 radical (unpaired) electrons. The van der Waals surface area contributed by atoms with E-state index in [1.165, 1.54) is 0 Å². The molecule has 1 aliphatic heterocycles. The molecule has 7 nitrogen and oxygen atoms in total. The second-order valence-electron chi connectivity index (χ2n) is 5.53. The molecular formula is C18H17N5O2. The number of fused-ring (bicyclic) bond motifs is 1. The summed E-state index contributed by atoms with van der Waals surface area (Å²) in [4.78, 5) is 8.43. The van der Waals surface area contributed by atoms with Gasteiger partial charge in [0.2, 0.25) is 12.7 Å². The number of nitrogen functional groups attached to an aromatic ring is 1. The van der Waals surface area contributed by atoms with Crippen LogP contribution >= 0.6 is 0 Å². The van der Waals surface area contributed by atoms with E-state index in [0.717, 1.165) is 22.7 Å². The van der Waals surface area contributed by atoms with Crippen molar-refractivity contribution in [2.24, 2.45) is 0 Å². The van der Waals surface area contributed by atoms with Crippen LogP contribution in [0.3, 0.4) is 0 Å². The number of nitrogens with zero attached hydrogens (tertiary/aromatic N) is 2. The molecule has 25 heavy (non-hydrogen) atoms. The van der Waals surface area contributed by atoms with E-state index in [9.17, 15) is 0 Å². The molecule has 0 spiro atoms. The maximum atomic E-state index is 5.82. The van der Waals surface area contributed by atoms with Crippen LogP contribution in [0.1, 0.15) is 5.56 Å². The minimum absolute atomic E-state index is 0.203. The van der Waals surface area contributed by atoms with Gasteiger partial charge in [0.1, 0.15) is 11.6 Å². The van der Waals surface area contributed by atoms with Crippen molar-refractivity contribution in [1.82, 2.24) is 9.97 Å². The quantitative estimate of drug-likeness (QED) is 0.659. The molecule has 0 saturated carbocycles. The summed E-state index contributed by atoms with van der Waals surface area (Å²) in [6, 6.07) is 17.4. The van der Waals surface area contributed by atoms with Gasteiger partial charge in [0.15, 0.2) is 11.5 Å². The smallest absolute Gasteiger partial charge is 0.231 e. The Kier molecular flexibility index (Phi) is 3.96. The molecule has 0 fully saturated rings. The van der Waals surface area contributed by atoms with Gasteiger partial charge >= 0.3 is 0 Å². The number of aromatic nitrogens is 2. The van der Waals surface area contributed by atoms with Crippen LogP contribution in [0.2, 0.25) is 0 Å². The monoisotopic (exact) mass is 335 g/mol. The zero-order valence-electron chi connectivity index (χ0n) is 13.4. The molecule has 0 aliphatic carbocycles. The lowest BCUT2D eigenvalue weighted by molar-refractivity contribution is 0.174. The highest BCUT2D eigenvalue weighted by Crippen LogP contribution is 2.32. The van der Waals surface area contributed by atoms with Gasteiger partial charge in [-0.2, -0.15) is 9.97 Å². The van der Waals surface area contributed by atoms with Crippen molar-refractivity contribution in [3.05, 3.63) is 60.2 Å². The number of hydrogen-bond acceptors (Lipinski definition) is 7. The molecule has 2 aromatic carbocycles. The Labute approximate surface area is 144 Å². The largest absolute Gasteiger partial charge is 0.454 e. The Balaban J connectivity index is 1.47. The van der Waals surface area contributed by atoms with Crippen LogP contribution in [0.4, 0.5) is 23.3 Å². The maximum Gasteiger partial charge on any atom is 0.231 e. The lowest BCUT2D eigenvalue weighted by Crippen LogP contribution is -2.06. The van der Waals surface area contributed by atoms with E-state index in [2.05, 4.69) is 20.6 Å². The van der Waals surface area contributed by atoms with Crippen molar-refractivity contribution in [1.29, 1.82) is 0 Å². The zero-order chi connectivity index (χ0) is 17.1. The van der Waals surface area contributed by atoms with Gasteiger partial charge < -0.3 is 25.8 Å². The van der Waals surface area contributed by atoms with Crippen LogP contribution in [0.15, 0.2) is 54.6 Å². The molecule has 0 bridgehead atoms. The number of anilines is 4. The lowest BCUT2D eigenvalue weighted by Gasteiger charge is -2.10. The zero-order valence-corrected chi connectivity index (χ0v) is 13.4. The first-order valence-electron chi connectivity index (χ1n) is 7.85. The summed E-state index contributed by atoms with van der Waals surface area (Å²) in [5.74, 6) is 3.00. The third-order valence-electron chi connectivity index (χ3n) is 3.70. The van der Waals surface area contributed by atoms with Gasteiger partial charge in [-0.15, -0.1) is 0 Å². The highest BCUT2D eigenvalue weighted by atomic mass is 16.7. The Morgan fingerprint density at radius 1 is 0.920 bits per heavy atom. The van der Waals surface area contributed by atoms with Crippen molar-refractivity contribution in [3.8, 4) is 11.5 Å². The molecule has 126 valence electrons. The van der Waals surface area contributed by atoms with E-state index < -0.39 is 0 Å². The minimum atomic E-state index is 0.203. The van der Waals surface area contributed by atoms with E-state index in [4.69, 9.17) is 15.2 Å². The Hall–Kier alpha value is -3.48. The average molecular weight is 335 g/mol. The van der Waals surface area contributed by atoms with Crippen LogP contribution in [-0.2, 0) is 6.54 Å². The van der Waals surface area contributed by atoms with Crippen LogP contribution in [0, 0.1) is 0 Å². The van der Waals surface area contributed by atoms with Gasteiger partial charge in [0, 0.05) is 18.3 Å². The highest BCUT2D eigenvalue weighted by Gasteiger charge is 2.13. The van der Waals surface area contributed by atoms with Crippen molar-refractivity contribution in [2.75, 3.05) is 23.2 Å². The number of rotatable bonds is 5. The number of hydrogen-bond donors (Lipinski definition) is 3. The van der Waals surface area contributed by atoms with Crippen LogP contribution in [0.25, 0.3) is 0 Å². The standard InChI is InChI=1S/C18H17N5O2/c19-18-22-16(9-17(23-18)21-13-4-2-1-3-5-13)20-10-12-6-7-14-15(8-12)25-11-24-14/h1-9H,10-11H2,(H4,19,20,21,22,23). The number of ether oxygens (including phenoxy) is 2. The van der Waals surface area contributed by atoms with Gasteiger partial charge in [-0.3, -0.25) is 0 Å². The number of nitrogens with one attached hydrogen (secondary N) is 2. The van der Waals surface area contributed by atoms with Gasteiger partial charge in [0.25, 0.3) is 0 Å². The van der Waals surface area contributed by atoms with E-state index in [0.29, 0.717) is 18.2 Å². The van der Waals surface area contributed by atoms with E-state index in [-0.39, 0.29) is 12.7 Å². The summed E-state index contributed by atoms with van der Waals surface area (Å²) in [5.41, 5.74) is 7.80. The first-order valence-corrected chi connectivity index (χ1v) is 7.85. The molecule has 2 heterocycles. The Morgan fingerprint density at radius 3 is 2.60 bits per heavy atom. The lowest BCUT2D eigenvalue weighted by atomic mass is 10.2. The molecule has 4 rings (SSSR count). The molecule has 1 aliphatic rings. The van der Waals surface area contributed by atoms with Crippen LogP contribution in [0.5, 0.6) is 11.5 Å². The summed E-state index contributed by atoms with van der Waals surface area (Å²) in [7, 11) is 0. The van der Waals surface area contributed by atoms with Gasteiger partial charge in [0.05, 0.1) is 0 Å². The summed E-state index contributed by atoms with van der Waals surface area (Å²) in [6.07, 6.45) is 0. The molecule has 0 unspecified atom stereocenters. The summed E-state index contributed by atoms with van der Waals surface area (Å²) >= 11 is 0. The second-order valence-corrected chi connectivity index (χ2v) is 5.53. The molecule has 0 saturated heterocycles. The molecule has 0 amide bonds. The highest BCUT2D eigenvalue weighted by molar-refractivity contribution is 5.60. The maximum absolute atomic E-state index is 5.82. The molecule has 4 N–H and O–H groups in total. The van der Waals surface area contributed by atoms with Crippen molar-refractivity contribution < 1.29 is 9.47 Å². The Bertz CT molecular complexity index is 886. The Morgan fingerprint density at radius 2 is 1.72 bits per heavy atom. The molecular weight excluding hydrogens is 318 g/mol. The predicted molar refractivity (Wildman–Crippen MR) is 96.1 cm³/mol. The molecule has 3 aromatic rings. The van der Waals surface area contributed by atoms with Crippen molar-refractivity contribution in [3.63, 3.8) is 0 Å². The van der Waals surface area contributed by atoms with Crippen LogP contribution < -0.4 is 25.8 Å². The molecule has 0 atom stereocenters. The topological polar surface area (TPSA) is 94.3 Å². The first kappa shape index (κ1) is 15.1. The fraction of sp³-hybridized carbons (Fsp3) is 0.111. The molecule has 7 heteroatoms. The van der Waals surface area contributed by atoms with E-state index in [1.807, 2.05) is 54.6 Å². The van der Waals surface area contributed by atoms with Crippen molar-refractivity contribution in [2.45, 2.75) is 6.54 Å². The summed E-state index contributed by atoms with van der Waals surface area (Å²) < 4.78 is 10.7. The van der Waals surface area contributed by atoms with E-state index >= 15 is 0 Å². The van der Waals surface area contributed by atoms with Gasteiger partial charge in [-0.25, -0.2) is 0 Å². The summed E-state index contributed by atoms with van der Waals surface area (Å²) in [5, 5.41) is 6.46. The number of benzene rings is 2. The third kappa shape index (κ3) is 3.55. The SMILES string of the molecule is Nc1nc(NCc2ccc3c(c2)OCO3)cc(Nc2ccccc2)n1. The number of nitrogens with two attached hydrogens (primary N) is 1. The minimum Gasteiger partial charge on any atom is -0.454 e. The van der Waals surface area contributed by atoms with Gasteiger partial charge in [-0.05, 0) is 29.8 Å². The fourth-order valence-corrected chi connectivity index (χ4v) is 2.53. The fourth-order valence-electron chi connectivity index (χ4n) is 2.53. The third-order valence-corrected chi connectivity index (χ3v) is 3.70.